The largest absolute Gasteiger partial charge is 0.292 e. The number of amides is 1. The van der Waals surface area contributed by atoms with Gasteiger partial charge in [-0.25, -0.2) is 4.98 Å². The molecule has 1 aromatic rings. The number of Topliss-reactive ketones (excluding diaryl/α,β-unsaturated/α-hetero) is 1. The van der Waals surface area contributed by atoms with Crippen molar-refractivity contribution in [2.75, 3.05) is 11.4 Å². The Morgan fingerprint density at radius 1 is 1.35 bits per heavy atom. The molecule has 7 heteroatoms. The summed E-state index contributed by atoms with van der Waals surface area (Å²) in [6.07, 6.45) is 7.88. The van der Waals surface area contributed by atoms with E-state index in [1.165, 1.54) is 29.6 Å². The molecule has 2 atom stereocenters. The van der Waals surface area contributed by atoms with Crippen molar-refractivity contribution in [2.45, 2.75) is 19.0 Å². The van der Waals surface area contributed by atoms with Gasteiger partial charge in [-0.05, 0) is 25.5 Å². The number of allylic oxidation sites excluding steroid dienone is 1. The van der Waals surface area contributed by atoms with Gasteiger partial charge in [-0.15, -0.1) is 9.24 Å². The first-order chi connectivity index (χ1) is 10.8. The molecule has 0 saturated carbocycles. The molecule has 1 unspecified atom stereocenters. The first-order valence-corrected chi connectivity index (χ1v) is 7.66. The fourth-order valence-corrected chi connectivity index (χ4v) is 3.95. The van der Waals surface area contributed by atoms with E-state index >= 15 is 0 Å². The quantitative estimate of drug-likeness (QED) is 0.575. The van der Waals surface area contributed by atoms with Crippen LogP contribution in [0.3, 0.4) is 0 Å². The van der Waals surface area contributed by atoms with Crippen LogP contribution in [0.5, 0.6) is 0 Å². The van der Waals surface area contributed by atoms with Crippen LogP contribution in [-0.4, -0.2) is 33.4 Å². The standard InChI is InChI=1S/C16H15N4O2P/c1-15(2)11-3-6-20(12-9-18-4-5-19-12)14(22)16(11,23)7-10(8-17)13(15)21/h3-5,7,9H,6,23H2,1-2H3/t16-/m0/s1. The molecule has 0 bridgehead atoms. The second kappa shape index (κ2) is 5.07. The Morgan fingerprint density at radius 3 is 2.70 bits per heavy atom. The van der Waals surface area contributed by atoms with E-state index in [-0.39, 0.29) is 17.3 Å². The maximum atomic E-state index is 13.1. The third-order valence-electron chi connectivity index (χ3n) is 4.33. The van der Waals surface area contributed by atoms with E-state index in [9.17, 15) is 14.9 Å². The molecule has 0 spiro atoms. The van der Waals surface area contributed by atoms with Crippen LogP contribution >= 0.6 is 9.24 Å². The molecule has 1 aliphatic heterocycles. The minimum absolute atomic E-state index is 0.0106. The van der Waals surface area contributed by atoms with E-state index in [0.717, 1.165) is 0 Å². The number of hydrogen-bond acceptors (Lipinski definition) is 5. The van der Waals surface area contributed by atoms with Gasteiger partial charge in [0.1, 0.15) is 11.2 Å². The topological polar surface area (TPSA) is 87.0 Å². The van der Waals surface area contributed by atoms with Crippen LogP contribution in [0.4, 0.5) is 5.82 Å². The maximum absolute atomic E-state index is 13.1. The van der Waals surface area contributed by atoms with Crippen LogP contribution in [0.15, 0.2) is 41.9 Å². The van der Waals surface area contributed by atoms with Crippen LogP contribution in [0.1, 0.15) is 13.8 Å². The van der Waals surface area contributed by atoms with Crippen molar-refractivity contribution in [3.63, 3.8) is 0 Å². The summed E-state index contributed by atoms with van der Waals surface area (Å²) in [6, 6.07) is 1.92. The van der Waals surface area contributed by atoms with E-state index in [0.29, 0.717) is 17.9 Å². The van der Waals surface area contributed by atoms with Gasteiger partial charge in [0, 0.05) is 18.9 Å². The Hall–Kier alpha value is -2.38. The highest BCUT2D eigenvalue weighted by molar-refractivity contribution is 7.22. The number of anilines is 1. The van der Waals surface area contributed by atoms with Crippen molar-refractivity contribution >= 4 is 26.7 Å². The molecule has 0 aromatic carbocycles. The lowest BCUT2D eigenvalue weighted by atomic mass is 9.66. The van der Waals surface area contributed by atoms with Gasteiger partial charge in [-0.1, -0.05) is 6.08 Å². The summed E-state index contributed by atoms with van der Waals surface area (Å²) in [7, 11) is 2.51. The Balaban J connectivity index is 2.17. The average Bonchev–Trinajstić information content (AvgIpc) is 2.54. The molecule has 0 radical (unpaired) electrons. The van der Waals surface area contributed by atoms with E-state index in [1.54, 1.807) is 13.8 Å². The van der Waals surface area contributed by atoms with E-state index in [2.05, 4.69) is 19.2 Å². The summed E-state index contributed by atoms with van der Waals surface area (Å²) in [5.74, 6) is -0.0601. The Kier molecular flexibility index (Phi) is 3.42. The average molecular weight is 326 g/mol. The number of rotatable bonds is 1. The van der Waals surface area contributed by atoms with Gasteiger partial charge in [0.15, 0.2) is 11.6 Å². The Morgan fingerprint density at radius 2 is 2.09 bits per heavy atom. The molecule has 6 nitrogen and oxygen atoms in total. The SMILES string of the molecule is CC1(C)C(=O)C(C#N)=C[C@@]2(P)C(=O)N(c3cnccn3)CC=C12. The van der Waals surface area contributed by atoms with Gasteiger partial charge < -0.3 is 0 Å². The van der Waals surface area contributed by atoms with Gasteiger partial charge in [0.2, 0.25) is 5.91 Å². The molecular weight excluding hydrogens is 311 g/mol. The highest BCUT2D eigenvalue weighted by Gasteiger charge is 2.53. The highest BCUT2D eigenvalue weighted by Crippen LogP contribution is 2.49. The molecule has 2 heterocycles. The Bertz CT molecular complexity index is 807. The number of carbonyl (C=O) groups excluding carboxylic acids is 2. The lowest BCUT2D eigenvalue weighted by Crippen LogP contribution is -2.55. The van der Waals surface area contributed by atoms with E-state index in [1.807, 2.05) is 12.1 Å². The molecule has 3 rings (SSSR count). The van der Waals surface area contributed by atoms with Gasteiger partial charge >= 0.3 is 0 Å². The molecule has 1 aromatic heterocycles. The summed E-state index contributed by atoms with van der Waals surface area (Å²) >= 11 is 0. The summed E-state index contributed by atoms with van der Waals surface area (Å²) < 4.78 is 0. The highest BCUT2D eigenvalue weighted by atomic mass is 31.0. The normalized spacial score (nSPS) is 26.1. The second-order valence-electron chi connectivity index (χ2n) is 6.09. The van der Waals surface area contributed by atoms with Crippen LogP contribution in [0.25, 0.3) is 0 Å². The molecule has 1 amide bonds. The molecule has 116 valence electrons. The van der Waals surface area contributed by atoms with Gasteiger partial charge in [-0.2, -0.15) is 5.26 Å². The first kappa shape index (κ1) is 15.5. The first-order valence-electron chi connectivity index (χ1n) is 7.08. The zero-order valence-electron chi connectivity index (χ0n) is 12.8. The lowest BCUT2D eigenvalue weighted by molar-refractivity contribution is -0.123. The molecular formula is C16H15N4O2P. The predicted molar refractivity (Wildman–Crippen MR) is 87.4 cm³/mol. The van der Waals surface area contributed by atoms with Crippen molar-refractivity contribution in [3.05, 3.63) is 41.9 Å². The number of fused-ring (bicyclic) bond motifs is 1. The number of aromatic nitrogens is 2. The van der Waals surface area contributed by atoms with Crippen LogP contribution < -0.4 is 4.90 Å². The summed E-state index contributed by atoms with van der Waals surface area (Å²) in [4.78, 5) is 35.2. The number of ketones is 1. The van der Waals surface area contributed by atoms with Crippen molar-refractivity contribution < 1.29 is 9.59 Å². The lowest BCUT2D eigenvalue weighted by Gasteiger charge is -2.45. The Labute approximate surface area is 136 Å². The smallest absolute Gasteiger partial charge is 0.246 e. The van der Waals surface area contributed by atoms with Gasteiger partial charge in [-0.3, -0.25) is 19.5 Å². The number of nitriles is 1. The third kappa shape index (κ3) is 2.12. The monoisotopic (exact) mass is 326 g/mol. The minimum atomic E-state index is -1.11. The van der Waals surface area contributed by atoms with Crippen LogP contribution in [-0.2, 0) is 9.59 Å². The zero-order chi connectivity index (χ0) is 16.8. The molecule has 2 aliphatic rings. The van der Waals surface area contributed by atoms with Crippen molar-refractivity contribution in [1.29, 1.82) is 5.26 Å². The summed E-state index contributed by atoms with van der Waals surface area (Å²) in [5.41, 5.74) is -0.188. The van der Waals surface area contributed by atoms with Crippen LogP contribution in [0.2, 0.25) is 0 Å². The van der Waals surface area contributed by atoms with Crippen LogP contribution in [0, 0.1) is 16.7 Å². The number of hydrogen-bond donors (Lipinski definition) is 0. The van der Waals surface area contributed by atoms with Gasteiger partial charge in [0.05, 0.1) is 17.2 Å². The number of nitrogens with zero attached hydrogens (tertiary/aromatic N) is 4. The van der Waals surface area contributed by atoms with E-state index < -0.39 is 10.6 Å². The fourth-order valence-electron chi connectivity index (χ4n) is 3.15. The van der Waals surface area contributed by atoms with Gasteiger partial charge in [0.25, 0.3) is 0 Å². The van der Waals surface area contributed by atoms with E-state index in [4.69, 9.17) is 0 Å². The maximum Gasteiger partial charge on any atom is 0.246 e. The second-order valence-corrected chi connectivity index (χ2v) is 7.00. The molecule has 1 aliphatic carbocycles. The third-order valence-corrected chi connectivity index (χ3v) is 5.05. The fraction of sp³-hybridized carbons (Fsp3) is 0.312. The number of carbonyl (C=O) groups is 2. The summed E-state index contributed by atoms with van der Waals surface area (Å²) in [6.45, 7) is 3.81. The van der Waals surface area contributed by atoms with Crippen molar-refractivity contribution in [1.82, 2.24) is 9.97 Å². The van der Waals surface area contributed by atoms with Crippen molar-refractivity contribution in [2.24, 2.45) is 5.41 Å². The zero-order valence-corrected chi connectivity index (χ0v) is 13.9. The molecule has 0 saturated heterocycles. The summed E-state index contributed by atoms with van der Waals surface area (Å²) in [5, 5.41) is 8.14. The van der Waals surface area contributed by atoms with Crippen molar-refractivity contribution in [3.8, 4) is 6.07 Å². The minimum Gasteiger partial charge on any atom is -0.292 e. The molecule has 0 fully saturated rings. The molecule has 0 N–H and O–H groups in total. The predicted octanol–water partition coefficient (Wildman–Crippen LogP) is 1.42. The molecule has 23 heavy (non-hydrogen) atoms.